The van der Waals surface area contributed by atoms with Crippen LogP contribution in [0.1, 0.15) is 39.0 Å². The molecule has 0 aromatic rings. The maximum Gasteiger partial charge on any atom is 0.161 e. The first-order valence-electron chi connectivity index (χ1n) is 5.94. The zero-order valence-electron chi connectivity index (χ0n) is 10.1. The van der Waals surface area contributed by atoms with Gasteiger partial charge in [-0.2, -0.15) is 0 Å². The maximum atomic E-state index is 10.2. The Morgan fingerprint density at radius 2 is 1.60 bits per heavy atom. The molecule has 1 aliphatic rings. The van der Waals surface area contributed by atoms with E-state index in [2.05, 4.69) is 0 Å². The molecule has 1 aliphatic carbocycles. The third-order valence-corrected chi connectivity index (χ3v) is 3.57. The highest BCUT2D eigenvalue weighted by Gasteiger charge is 2.31. The Labute approximate surface area is 92.8 Å². The van der Waals surface area contributed by atoms with Crippen LogP contribution in [0.5, 0.6) is 0 Å². The molecule has 0 amide bonds. The van der Waals surface area contributed by atoms with Crippen LogP contribution in [-0.2, 0) is 9.47 Å². The molecule has 1 saturated carbocycles. The lowest BCUT2D eigenvalue weighted by atomic mass is 9.80. The number of hydrogen-bond donors (Lipinski definition) is 1. The summed E-state index contributed by atoms with van der Waals surface area (Å²) in [7, 11) is 3.25. The molecular formula is C12H24O3. The molecule has 3 nitrogen and oxygen atoms in total. The van der Waals surface area contributed by atoms with Crippen LogP contribution in [0.4, 0.5) is 0 Å². The van der Waals surface area contributed by atoms with Crippen molar-refractivity contribution in [1.29, 1.82) is 0 Å². The van der Waals surface area contributed by atoms with Gasteiger partial charge >= 0.3 is 0 Å². The van der Waals surface area contributed by atoms with Crippen LogP contribution in [0.25, 0.3) is 0 Å². The van der Waals surface area contributed by atoms with Crippen molar-refractivity contribution in [3.63, 3.8) is 0 Å². The van der Waals surface area contributed by atoms with E-state index in [4.69, 9.17) is 9.47 Å². The van der Waals surface area contributed by atoms with Crippen LogP contribution >= 0.6 is 0 Å². The van der Waals surface area contributed by atoms with Crippen molar-refractivity contribution in [2.45, 2.75) is 51.4 Å². The first-order chi connectivity index (χ1) is 7.20. The van der Waals surface area contributed by atoms with E-state index in [1.807, 2.05) is 6.92 Å². The molecule has 0 bridgehead atoms. The standard InChI is InChI=1S/C12H24O3/c1-9(12(14-2)15-3)11(13)10-7-5-4-6-8-10/h9-13H,4-8H2,1-3H3/t9-,11+/m1/s1. The van der Waals surface area contributed by atoms with Gasteiger partial charge in [-0.15, -0.1) is 0 Å². The number of aliphatic hydroxyl groups is 1. The Morgan fingerprint density at radius 1 is 1.07 bits per heavy atom. The summed E-state index contributed by atoms with van der Waals surface area (Å²) in [5, 5.41) is 10.2. The first kappa shape index (κ1) is 12.9. The van der Waals surface area contributed by atoms with E-state index in [1.54, 1.807) is 14.2 Å². The second-order valence-electron chi connectivity index (χ2n) is 4.59. The summed E-state index contributed by atoms with van der Waals surface area (Å²) in [4.78, 5) is 0. The van der Waals surface area contributed by atoms with Crippen LogP contribution < -0.4 is 0 Å². The lowest BCUT2D eigenvalue weighted by molar-refractivity contribution is -0.164. The average Bonchev–Trinajstić information content (AvgIpc) is 2.30. The second-order valence-corrected chi connectivity index (χ2v) is 4.59. The van der Waals surface area contributed by atoms with Crippen molar-refractivity contribution in [3.05, 3.63) is 0 Å². The molecule has 0 aliphatic heterocycles. The van der Waals surface area contributed by atoms with Gasteiger partial charge in [0, 0.05) is 20.1 Å². The number of aliphatic hydroxyl groups excluding tert-OH is 1. The summed E-state index contributed by atoms with van der Waals surface area (Å²) in [6.45, 7) is 2.00. The molecule has 0 spiro atoms. The molecule has 0 aromatic carbocycles. The lowest BCUT2D eigenvalue weighted by Gasteiger charge is -2.33. The van der Waals surface area contributed by atoms with Crippen LogP contribution in [0.3, 0.4) is 0 Å². The van der Waals surface area contributed by atoms with Crippen molar-refractivity contribution >= 4 is 0 Å². The van der Waals surface area contributed by atoms with Gasteiger partial charge in [-0.25, -0.2) is 0 Å². The van der Waals surface area contributed by atoms with Gasteiger partial charge in [0.1, 0.15) is 0 Å². The van der Waals surface area contributed by atoms with Crippen molar-refractivity contribution in [2.24, 2.45) is 11.8 Å². The Morgan fingerprint density at radius 3 is 2.07 bits per heavy atom. The van der Waals surface area contributed by atoms with E-state index in [-0.39, 0.29) is 18.3 Å². The van der Waals surface area contributed by atoms with Gasteiger partial charge in [0.2, 0.25) is 0 Å². The molecule has 1 rings (SSSR count). The highest BCUT2D eigenvalue weighted by Crippen LogP contribution is 2.31. The third kappa shape index (κ3) is 3.44. The highest BCUT2D eigenvalue weighted by molar-refractivity contribution is 4.78. The fraction of sp³-hybridized carbons (Fsp3) is 1.00. The van der Waals surface area contributed by atoms with Crippen LogP contribution in [0.2, 0.25) is 0 Å². The second kappa shape index (κ2) is 6.46. The Balaban J connectivity index is 2.45. The maximum absolute atomic E-state index is 10.2. The van der Waals surface area contributed by atoms with E-state index < -0.39 is 0 Å². The Kier molecular flexibility index (Phi) is 5.58. The number of methoxy groups -OCH3 is 2. The minimum absolute atomic E-state index is 0.0445. The topological polar surface area (TPSA) is 38.7 Å². The van der Waals surface area contributed by atoms with E-state index in [0.717, 1.165) is 12.8 Å². The predicted molar refractivity (Wildman–Crippen MR) is 59.6 cm³/mol. The van der Waals surface area contributed by atoms with Crippen LogP contribution in [0.15, 0.2) is 0 Å². The van der Waals surface area contributed by atoms with E-state index in [1.165, 1.54) is 19.3 Å². The fourth-order valence-corrected chi connectivity index (χ4v) is 2.59. The molecule has 1 N–H and O–H groups in total. The molecule has 0 heterocycles. The smallest absolute Gasteiger partial charge is 0.161 e. The van der Waals surface area contributed by atoms with E-state index >= 15 is 0 Å². The summed E-state index contributed by atoms with van der Waals surface area (Å²) in [6, 6.07) is 0. The number of ether oxygens (including phenoxy) is 2. The summed E-state index contributed by atoms with van der Waals surface area (Å²) in [5.41, 5.74) is 0. The van der Waals surface area contributed by atoms with Gasteiger partial charge in [-0.3, -0.25) is 0 Å². The third-order valence-electron chi connectivity index (χ3n) is 3.57. The first-order valence-corrected chi connectivity index (χ1v) is 5.94. The molecular weight excluding hydrogens is 192 g/mol. The van der Waals surface area contributed by atoms with Crippen molar-refractivity contribution in [3.8, 4) is 0 Å². The molecule has 15 heavy (non-hydrogen) atoms. The van der Waals surface area contributed by atoms with Crippen LogP contribution in [-0.4, -0.2) is 31.7 Å². The summed E-state index contributed by atoms with van der Waals surface area (Å²) >= 11 is 0. The molecule has 90 valence electrons. The van der Waals surface area contributed by atoms with Crippen molar-refractivity contribution in [1.82, 2.24) is 0 Å². The Bertz CT molecular complexity index is 162. The zero-order valence-corrected chi connectivity index (χ0v) is 10.1. The number of rotatable bonds is 5. The molecule has 2 atom stereocenters. The van der Waals surface area contributed by atoms with Gasteiger partial charge in [0.05, 0.1) is 6.10 Å². The quantitative estimate of drug-likeness (QED) is 0.716. The normalized spacial score (nSPS) is 23.0. The average molecular weight is 216 g/mol. The van der Waals surface area contributed by atoms with E-state index in [9.17, 15) is 5.11 Å². The summed E-state index contributed by atoms with van der Waals surface area (Å²) in [5.74, 6) is 0.477. The van der Waals surface area contributed by atoms with Crippen molar-refractivity contribution in [2.75, 3.05) is 14.2 Å². The van der Waals surface area contributed by atoms with Gasteiger partial charge < -0.3 is 14.6 Å². The molecule has 0 unspecified atom stereocenters. The van der Waals surface area contributed by atoms with Gasteiger partial charge in [0.25, 0.3) is 0 Å². The van der Waals surface area contributed by atoms with E-state index in [0.29, 0.717) is 5.92 Å². The summed E-state index contributed by atoms with van der Waals surface area (Å²) in [6.07, 6.45) is 5.52. The van der Waals surface area contributed by atoms with Gasteiger partial charge in [-0.1, -0.05) is 26.2 Å². The minimum Gasteiger partial charge on any atom is -0.392 e. The molecule has 3 heteroatoms. The van der Waals surface area contributed by atoms with Crippen LogP contribution in [0, 0.1) is 11.8 Å². The van der Waals surface area contributed by atoms with Crippen molar-refractivity contribution < 1.29 is 14.6 Å². The lowest BCUT2D eigenvalue weighted by Crippen LogP contribution is -2.37. The minimum atomic E-state index is -0.296. The molecule has 1 fully saturated rings. The largest absolute Gasteiger partial charge is 0.392 e. The van der Waals surface area contributed by atoms with Gasteiger partial charge in [-0.05, 0) is 18.8 Å². The molecule has 0 radical (unpaired) electrons. The highest BCUT2D eigenvalue weighted by atomic mass is 16.7. The number of hydrogen-bond acceptors (Lipinski definition) is 3. The summed E-state index contributed by atoms with van der Waals surface area (Å²) < 4.78 is 10.4. The zero-order chi connectivity index (χ0) is 11.3. The predicted octanol–water partition coefficient (Wildman–Crippen LogP) is 2.18. The fourth-order valence-electron chi connectivity index (χ4n) is 2.59. The van der Waals surface area contributed by atoms with Gasteiger partial charge in [0.15, 0.2) is 6.29 Å². The molecule has 0 saturated heterocycles. The SMILES string of the molecule is COC(OC)[C@H](C)[C@H](O)C1CCCCC1. The monoisotopic (exact) mass is 216 g/mol. The Hall–Kier alpha value is -0.120. The molecule has 0 aromatic heterocycles.